The van der Waals surface area contributed by atoms with Crippen LogP contribution in [-0.2, 0) is 9.53 Å². The lowest BCUT2D eigenvalue weighted by Crippen LogP contribution is -2.45. The molecule has 0 saturated carbocycles. The number of amides is 1. The molecule has 0 radical (unpaired) electrons. The summed E-state index contributed by atoms with van der Waals surface area (Å²) in [7, 11) is 0. The van der Waals surface area contributed by atoms with Crippen molar-refractivity contribution in [3.8, 4) is 0 Å². The summed E-state index contributed by atoms with van der Waals surface area (Å²) in [6.45, 7) is 11.0. The van der Waals surface area contributed by atoms with Gasteiger partial charge in [0.25, 0.3) is 0 Å². The third-order valence-electron chi connectivity index (χ3n) is 4.20. The number of hydrogen-bond acceptors (Lipinski definition) is 3. The minimum atomic E-state index is 0.109. The molecule has 4 nitrogen and oxygen atoms in total. The number of nitrogens with zero attached hydrogens (tertiary/aromatic N) is 2. The van der Waals surface area contributed by atoms with Crippen LogP contribution in [0.4, 0.5) is 0 Å². The summed E-state index contributed by atoms with van der Waals surface area (Å²) in [5.41, 5.74) is 0. The van der Waals surface area contributed by atoms with Gasteiger partial charge in [-0.3, -0.25) is 9.69 Å². The first-order valence-corrected chi connectivity index (χ1v) is 7.25. The Morgan fingerprint density at radius 3 is 2.72 bits per heavy atom. The van der Waals surface area contributed by atoms with E-state index in [0.29, 0.717) is 17.9 Å². The molecule has 2 saturated heterocycles. The highest BCUT2D eigenvalue weighted by atomic mass is 16.5. The highest BCUT2D eigenvalue weighted by Gasteiger charge is 2.37. The van der Waals surface area contributed by atoms with E-state index in [0.717, 1.165) is 45.7 Å². The zero-order valence-electron chi connectivity index (χ0n) is 11.9. The van der Waals surface area contributed by atoms with E-state index in [2.05, 4.69) is 25.7 Å². The van der Waals surface area contributed by atoms with E-state index in [1.807, 2.05) is 4.90 Å². The molecule has 1 amide bonds. The summed E-state index contributed by atoms with van der Waals surface area (Å²) in [6, 6.07) is 0.439. The van der Waals surface area contributed by atoms with Crippen molar-refractivity contribution in [2.45, 2.75) is 45.7 Å². The fourth-order valence-corrected chi connectivity index (χ4v) is 3.07. The first-order valence-electron chi connectivity index (χ1n) is 7.25. The second-order valence-electron chi connectivity index (χ2n) is 5.75. The summed E-state index contributed by atoms with van der Waals surface area (Å²) in [5.74, 6) is 0.941. The molecule has 2 heterocycles. The molecule has 0 aliphatic carbocycles. The maximum atomic E-state index is 12.4. The number of rotatable bonds is 5. The van der Waals surface area contributed by atoms with Crippen LogP contribution in [0.2, 0.25) is 0 Å². The van der Waals surface area contributed by atoms with Crippen molar-refractivity contribution in [3.63, 3.8) is 0 Å². The van der Waals surface area contributed by atoms with Gasteiger partial charge in [-0.15, -0.1) is 0 Å². The average molecular weight is 254 g/mol. The Labute approximate surface area is 110 Å². The van der Waals surface area contributed by atoms with E-state index in [1.165, 1.54) is 0 Å². The fraction of sp³-hybridized carbons (Fsp3) is 0.929. The predicted molar refractivity (Wildman–Crippen MR) is 71.4 cm³/mol. The number of likely N-dealkylation sites (N-methyl/N-ethyl adjacent to an activating group) is 1. The molecule has 2 rings (SSSR count). The largest absolute Gasteiger partial charge is 0.381 e. The van der Waals surface area contributed by atoms with Gasteiger partial charge in [0.05, 0.1) is 12.6 Å². The van der Waals surface area contributed by atoms with Crippen LogP contribution >= 0.6 is 0 Å². The highest BCUT2D eigenvalue weighted by Crippen LogP contribution is 2.22. The molecule has 2 atom stereocenters. The number of carbonyl (C=O) groups excluding carboxylic acids is 1. The van der Waals surface area contributed by atoms with Gasteiger partial charge in [-0.05, 0) is 39.2 Å². The Balaban J connectivity index is 1.93. The molecule has 0 aromatic carbocycles. The summed E-state index contributed by atoms with van der Waals surface area (Å²) in [5, 5.41) is 0. The van der Waals surface area contributed by atoms with Gasteiger partial charge in [-0.1, -0.05) is 6.92 Å². The molecule has 104 valence electrons. The van der Waals surface area contributed by atoms with Crippen molar-refractivity contribution in [1.29, 1.82) is 0 Å². The van der Waals surface area contributed by atoms with Crippen molar-refractivity contribution in [2.75, 3.05) is 32.8 Å². The van der Waals surface area contributed by atoms with E-state index < -0.39 is 0 Å². The number of likely N-dealkylation sites (tertiary alicyclic amines) is 1. The van der Waals surface area contributed by atoms with Crippen molar-refractivity contribution in [1.82, 2.24) is 9.80 Å². The second kappa shape index (κ2) is 6.02. The lowest BCUT2D eigenvalue weighted by atomic mass is 10.1. The van der Waals surface area contributed by atoms with Crippen LogP contribution < -0.4 is 0 Å². The molecule has 0 aromatic heterocycles. The molecular formula is C14H26N2O2. The number of hydrogen-bond donors (Lipinski definition) is 0. The van der Waals surface area contributed by atoms with Gasteiger partial charge < -0.3 is 9.64 Å². The molecule has 2 fully saturated rings. The Hall–Kier alpha value is -0.610. The van der Waals surface area contributed by atoms with Crippen molar-refractivity contribution < 1.29 is 9.53 Å². The zero-order chi connectivity index (χ0) is 13.1. The van der Waals surface area contributed by atoms with Crippen LogP contribution in [0.15, 0.2) is 0 Å². The third kappa shape index (κ3) is 2.86. The van der Waals surface area contributed by atoms with Gasteiger partial charge in [0, 0.05) is 25.7 Å². The molecule has 2 aliphatic heterocycles. The van der Waals surface area contributed by atoms with E-state index in [-0.39, 0.29) is 6.04 Å². The Morgan fingerprint density at radius 1 is 1.44 bits per heavy atom. The SMILES string of the molecule is CCN(C[C@H]1CCOC1)[C@@H]1CCN(C(C)C)C1=O. The van der Waals surface area contributed by atoms with Crippen molar-refractivity contribution >= 4 is 5.91 Å². The molecule has 2 aliphatic rings. The summed E-state index contributed by atoms with van der Waals surface area (Å²) in [6.07, 6.45) is 2.13. The highest BCUT2D eigenvalue weighted by molar-refractivity contribution is 5.84. The quantitative estimate of drug-likeness (QED) is 0.742. The lowest BCUT2D eigenvalue weighted by molar-refractivity contribution is -0.133. The Kier molecular flexibility index (Phi) is 4.62. The third-order valence-corrected chi connectivity index (χ3v) is 4.20. The predicted octanol–water partition coefficient (Wildman–Crippen LogP) is 1.35. The van der Waals surface area contributed by atoms with E-state index in [9.17, 15) is 4.79 Å². The van der Waals surface area contributed by atoms with E-state index >= 15 is 0 Å². The molecule has 4 heteroatoms. The maximum Gasteiger partial charge on any atom is 0.240 e. The number of ether oxygens (including phenoxy) is 1. The molecule has 0 spiro atoms. The van der Waals surface area contributed by atoms with Gasteiger partial charge in [0.15, 0.2) is 0 Å². The first kappa shape index (κ1) is 13.8. The van der Waals surface area contributed by atoms with Crippen molar-refractivity contribution in [3.05, 3.63) is 0 Å². The van der Waals surface area contributed by atoms with Crippen LogP contribution in [0, 0.1) is 5.92 Å². The normalized spacial score (nSPS) is 28.9. The summed E-state index contributed by atoms with van der Waals surface area (Å²) < 4.78 is 5.43. The maximum absolute atomic E-state index is 12.4. The van der Waals surface area contributed by atoms with Gasteiger partial charge >= 0.3 is 0 Å². The minimum Gasteiger partial charge on any atom is -0.381 e. The van der Waals surface area contributed by atoms with Crippen LogP contribution in [0.25, 0.3) is 0 Å². The van der Waals surface area contributed by atoms with E-state index in [1.54, 1.807) is 0 Å². The van der Waals surface area contributed by atoms with Crippen LogP contribution in [-0.4, -0.2) is 60.6 Å². The molecule has 0 bridgehead atoms. The van der Waals surface area contributed by atoms with E-state index in [4.69, 9.17) is 4.74 Å². The van der Waals surface area contributed by atoms with Crippen LogP contribution in [0.5, 0.6) is 0 Å². The zero-order valence-corrected chi connectivity index (χ0v) is 11.9. The smallest absolute Gasteiger partial charge is 0.240 e. The van der Waals surface area contributed by atoms with Gasteiger partial charge in [0.2, 0.25) is 5.91 Å². The lowest BCUT2D eigenvalue weighted by Gasteiger charge is -2.29. The fourth-order valence-electron chi connectivity index (χ4n) is 3.07. The summed E-state index contributed by atoms with van der Waals surface area (Å²) in [4.78, 5) is 16.7. The minimum absolute atomic E-state index is 0.109. The summed E-state index contributed by atoms with van der Waals surface area (Å²) >= 11 is 0. The molecule has 0 unspecified atom stereocenters. The average Bonchev–Trinajstić information content (AvgIpc) is 2.95. The molecule has 0 N–H and O–H groups in total. The topological polar surface area (TPSA) is 32.8 Å². The van der Waals surface area contributed by atoms with Gasteiger partial charge in [-0.2, -0.15) is 0 Å². The van der Waals surface area contributed by atoms with Crippen molar-refractivity contribution in [2.24, 2.45) is 5.92 Å². The van der Waals surface area contributed by atoms with Gasteiger partial charge in [0.1, 0.15) is 0 Å². The first-order chi connectivity index (χ1) is 8.63. The van der Waals surface area contributed by atoms with Gasteiger partial charge in [-0.25, -0.2) is 0 Å². The standard InChI is InChI=1S/C14H26N2O2/c1-4-15(9-12-6-8-18-10-12)13-5-7-16(11(2)3)14(13)17/h11-13H,4-10H2,1-3H3/t12-,13-/m1/s1. The second-order valence-corrected chi connectivity index (χ2v) is 5.75. The molecular weight excluding hydrogens is 228 g/mol. The van der Waals surface area contributed by atoms with Crippen LogP contribution in [0.3, 0.4) is 0 Å². The molecule has 18 heavy (non-hydrogen) atoms. The van der Waals surface area contributed by atoms with Crippen LogP contribution in [0.1, 0.15) is 33.6 Å². The number of carbonyl (C=O) groups is 1. The molecule has 0 aromatic rings. The monoisotopic (exact) mass is 254 g/mol. The Morgan fingerprint density at radius 2 is 2.22 bits per heavy atom. The Bertz CT molecular complexity index is 288.